The van der Waals surface area contributed by atoms with Crippen molar-refractivity contribution >= 4 is 0 Å². The number of nitrogens with zero attached hydrogens (tertiary/aromatic N) is 4. The number of ether oxygens (including phenoxy) is 1. The molecule has 3 aromatic rings. The molecule has 2 aromatic carbocycles. The van der Waals surface area contributed by atoms with Crippen LogP contribution in [0.3, 0.4) is 0 Å². The lowest BCUT2D eigenvalue weighted by molar-refractivity contribution is 0.415. The Kier molecular flexibility index (Phi) is 4.07. The van der Waals surface area contributed by atoms with E-state index in [1.807, 2.05) is 61.5 Å². The predicted octanol–water partition coefficient (Wildman–Crippen LogP) is 3.43. The highest BCUT2D eigenvalue weighted by Crippen LogP contribution is 2.29. The van der Waals surface area contributed by atoms with Crippen LogP contribution in [0.5, 0.6) is 5.75 Å². The van der Waals surface area contributed by atoms with Gasteiger partial charge >= 0.3 is 0 Å². The quantitative estimate of drug-likeness (QED) is 0.740. The van der Waals surface area contributed by atoms with Crippen molar-refractivity contribution in [2.75, 3.05) is 7.11 Å². The minimum Gasteiger partial charge on any atom is -0.497 e. The van der Waals surface area contributed by atoms with E-state index >= 15 is 0 Å². The maximum atomic E-state index is 9.37. The van der Waals surface area contributed by atoms with Crippen LogP contribution >= 0.6 is 0 Å². The summed E-state index contributed by atoms with van der Waals surface area (Å²) in [6, 6.07) is 19.7. The lowest BCUT2D eigenvalue weighted by atomic mass is 10.1. The van der Waals surface area contributed by atoms with E-state index in [-0.39, 0.29) is 6.04 Å². The van der Waals surface area contributed by atoms with Crippen molar-refractivity contribution < 1.29 is 4.74 Å². The van der Waals surface area contributed by atoms with E-state index < -0.39 is 0 Å². The topological polar surface area (TPSA) is 63.7 Å². The molecular weight excluding hydrogens is 288 g/mol. The van der Waals surface area contributed by atoms with Gasteiger partial charge in [-0.2, -0.15) is 5.26 Å². The van der Waals surface area contributed by atoms with Crippen LogP contribution in [0.1, 0.15) is 24.2 Å². The zero-order valence-corrected chi connectivity index (χ0v) is 13.0. The lowest BCUT2D eigenvalue weighted by Gasteiger charge is -2.15. The molecule has 1 aromatic heterocycles. The number of hydrogen-bond acceptors (Lipinski definition) is 4. The van der Waals surface area contributed by atoms with Gasteiger partial charge in [0.25, 0.3) is 0 Å². The van der Waals surface area contributed by atoms with Crippen LogP contribution in [0.2, 0.25) is 0 Å². The van der Waals surface area contributed by atoms with Gasteiger partial charge < -0.3 is 4.74 Å². The van der Waals surface area contributed by atoms with Crippen molar-refractivity contribution in [1.29, 1.82) is 5.26 Å². The van der Waals surface area contributed by atoms with Crippen LogP contribution < -0.4 is 4.74 Å². The molecule has 0 aliphatic carbocycles. The largest absolute Gasteiger partial charge is 0.497 e. The maximum Gasteiger partial charge on any atom is 0.190 e. The molecule has 1 heterocycles. The summed E-state index contributed by atoms with van der Waals surface area (Å²) in [5, 5.41) is 17.6. The highest BCUT2D eigenvalue weighted by Gasteiger charge is 2.20. The molecule has 0 saturated heterocycles. The fraction of sp³-hybridized carbons (Fsp3) is 0.167. The Morgan fingerprint density at radius 1 is 1.13 bits per heavy atom. The van der Waals surface area contributed by atoms with Crippen LogP contribution in [0.4, 0.5) is 0 Å². The highest BCUT2D eigenvalue weighted by atomic mass is 16.5. The summed E-state index contributed by atoms with van der Waals surface area (Å²) in [4.78, 5) is 0. The van der Waals surface area contributed by atoms with E-state index in [1.165, 1.54) is 0 Å². The summed E-state index contributed by atoms with van der Waals surface area (Å²) in [6.07, 6.45) is 0. The molecule has 0 aliphatic rings. The fourth-order valence-electron chi connectivity index (χ4n) is 2.55. The van der Waals surface area contributed by atoms with Crippen LogP contribution in [-0.2, 0) is 0 Å². The first-order valence-electron chi connectivity index (χ1n) is 7.29. The van der Waals surface area contributed by atoms with Gasteiger partial charge in [0.05, 0.1) is 13.2 Å². The SMILES string of the molecule is COc1cccc(-c2c(C#N)nnn2C(C)c2ccccc2)c1. The van der Waals surface area contributed by atoms with Crippen LogP contribution in [0.15, 0.2) is 54.6 Å². The zero-order valence-electron chi connectivity index (χ0n) is 13.0. The van der Waals surface area contributed by atoms with Gasteiger partial charge in [0.1, 0.15) is 17.5 Å². The van der Waals surface area contributed by atoms with E-state index in [1.54, 1.807) is 11.8 Å². The summed E-state index contributed by atoms with van der Waals surface area (Å²) in [5.74, 6) is 0.728. The van der Waals surface area contributed by atoms with Gasteiger partial charge in [-0.1, -0.05) is 47.7 Å². The first kappa shape index (κ1) is 14.8. The average Bonchev–Trinajstić information content (AvgIpc) is 3.06. The number of nitriles is 1. The van der Waals surface area contributed by atoms with Crippen molar-refractivity contribution in [3.05, 3.63) is 65.9 Å². The summed E-state index contributed by atoms with van der Waals surface area (Å²) in [7, 11) is 1.62. The van der Waals surface area contributed by atoms with Gasteiger partial charge in [0.15, 0.2) is 5.69 Å². The van der Waals surface area contributed by atoms with Gasteiger partial charge in [-0.15, -0.1) is 5.10 Å². The normalized spacial score (nSPS) is 11.7. The fourth-order valence-corrected chi connectivity index (χ4v) is 2.55. The standard InChI is InChI=1S/C18H16N4O/c1-13(14-7-4-3-5-8-14)22-18(17(12-19)20-21-22)15-9-6-10-16(11-15)23-2/h3-11,13H,1-2H3. The van der Waals surface area contributed by atoms with Crippen molar-refractivity contribution in [3.8, 4) is 23.1 Å². The Balaban J connectivity index is 2.13. The first-order valence-corrected chi connectivity index (χ1v) is 7.29. The minimum absolute atomic E-state index is 0.0352. The predicted molar refractivity (Wildman–Crippen MR) is 87.0 cm³/mol. The van der Waals surface area contributed by atoms with Gasteiger partial charge in [-0.05, 0) is 24.6 Å². The first-order chi connectivity index (χ1) is 11.2. The molecule has 0 fully saturated rings. The van der Waals surface area contributed by atoms with E-state index in [0.717, 1.165) is 16.9 Å². The highest BCUT2D eigenvalue weighted by molar-refractivity contribution is 5.66. The van der Waals surface area contributed by atoms with Crippen LogP contribution in [-0.4, -0.2) is 22.1 Å². The molecule has 5 nitrogen and oxygen atoms in total. The lowest BCUT2D eigenvalue weighted by Crippen LogP contribution is -2.10. The number of benzene rings is 2. The van der Waals surface area contributed by atoms with Crippen molar-refractivity contribution in [3.63, 3.8) is 0 Å². The molecule has 0 N–H and O–H groups in total. The molecule has 5 heteroatoms. The van der Waals surface area contributed by atoms with Gasteiger partial charge in [0, 0.05) is 5.56 Å². The van der Waals surface area contributed by atoms with Crippen molar-refractivity contribution in [1.82, 2.24) is 15.0 Å². The number of rotatable bonds is 4. The van der Waals surface area contributed by atoms with E-state index in [9.17, 15) is 5.26 Å². The molecule has 1 atom stereocenters. The molecule has 1 unspecified atom stereocenters. The van der Waals surface area contributed by atoms with Gasteiger partial charge in [-0.25, -0.2) is 4.68 Å². The molecule has 0 aliphatic heterocycles. The zero-order chi connectivity index (χ0) is 16.2. The Labute approximate surface area is 134 Å². The molecule has 114 valence electrons. The molecular formula is C18H16N4O. The van der Waals surface area contributed by atoms with Crippen LogP contribution in [0, 0.1) is 11.3 Å². The average molecular weight is 304 g/mol. The third-order valence-corrected chi connectivity index (χ3v) is 3.79. The van der Waals surface area contributed by atoms with E-state index in [4.69, 9.17) is 4.74 Å². The summed E-state index contributed by atoms with van der Waals surface area (Å²) in [5.41, 5.74) is 2.96. The second kappa shape index (κ2) is 6.32. The third kappa shape index (κ3) is 2.79. The third-order valence-electron chi connectivity index (χ3n) is 3.79. The molecule has 0 radical (unpaired) electrons. The summed E-state index contributed by atoms with van der Waals surface area (Å²) in [6.45, 7) is 2.04. The van der Waals surface area contributed by atoms with Gasteiger partial charge in [0.2, 0.25) is 0 Å². The van der Waals surface area contributed by atoms with Gasteiger partial charge in [-0.3, -0.25) is 0 Å². The summed E-state index contributed by atoms with van der Waals surface area (Å²) >= 11 is 0. The Morgan fingerprint density at radius 3 is 2.61 bits per heavy atom. The monoisotopic (exact) mass is 304 g/mol. The minimum atomic E-state index is -0.0352. The Morgan fingerprint density at radius 2 is 1.91 bits per heavy atom. The number of aromatic nitrogens is 3. The van der Waals surface area contributed by atoms with Crippen molar-refractivity contribution in [2.45, 2.75) is 13.0 Å². The molecule has 0 bridgehead atoms. The molecule has 0 saturated carbocycles. The number of methoxy groups -OCH3 is 1. The second-order valence-electron chi connectivity index (χ2n) is 5.16. The Hall–Kier alpha value is -3.13. The van der Waals surface area contributed by atoms with E-state index in [0.29, 0.717) is 11.4 Å². The second-order valence-corrected chi connectivity index (χ2v) is 5.16. The molecule has 23 heavy (non-hydrogen) atoms. The van der Waals surface area contributed by atoms with E-state index in [2.05, 4.69) is 16.4 Å². The Bertz CT molecular complexity index is 849. The van der Waals surface area contributed by atoms with Crippen molar-refractivity contribution in [2.24, 2.45) is 0 Å². The smallest absolute Gasteiger partial charge is 0.190 e. The van der Waals surface area contributed by atoms with Crippen LogP contribution in [0.25, 0.3) is 11.3 Å². The molecule has 3 rings (SSSR count). The number of hydrogen-bond donors (Lipinski definition) is 0. The molecule has 0 spiro atoms. The maximum absolute atomic E-state index is 9.37. The summed E-state index contributed by atoms with van der Waals surface area (Å²) < 4.78 is 7.06. The molecule has 0 amide bonds.